The molecule has 0 aliphatic rings. The Balaban J connectivity index is 2.42. The summed E-state index contributed by atoms with van der Waals surface area (Å²) in [4.78, 5) is 12.6. The Morgan fingerprint density at radius 2 is 1.65 bits per heavy atom. The molecule has 0 aliphatic heterocycles. The van der Waals surface area contributed by atoms with E-state index in [0.29, 0.717) is 23.6 Å². The van der Waals surface area contributed by atoms with Crippen LogP contribution in [0.3, 0.4) is 0 Å². The zero-order valence-electron chi connectivity index (χ0n) is 15.7. The first-order chi connectivity index (χ1) is 12.6. The summed E-state index contributed by atoms with van der Waals surface area (Å²) in [6, 6.07) is 11.2. The lowest BCUT2D eigenvalue weighted by Crippen LogP contribution is -2.25. The zero-order chi connectivity index (χ0) is 18.9. The van der Waals surface area contributed by atoms with E-state index in [1.165, 1.54) is 0 Å². The third-order valence-corrected chi connectivity index (χ3v) is 3.90. The number of carbonyl (C=O) groups excluding carboxylic acids is 1. The van der Waals surface area contributed by atoms with E-state index in [1.807, 2.05) is 49.4 Å². The second-order valence-corrected chi connectivity index (χ2v) is 5.66. The maximum atomic E-state index is 12.6. The first-order valence-corrected chi connectivity index (χ1v) is 8.49. The van der Waals surface area contributed by atoms with Crippen LogP contribution in [0.1, 0.15) is 34.8 Å². The summed E-state index contributed by atoms with van der Waals surface area (Å²) < 4.78 is 15.9. The summed E-state index contributed by atoms with van der Waals surface area (Å²) in [5.41, 5.74) is 2.21. The standard InChI is InChI=1S/C21H25NO4/c1-5-12-22-21(23)20-16(13-18(25-3)14-19(20)26-4)9-6-15-7-10-17(24-2)11-8-15/h6-11,13-14H,5,12H2,1-4H3,(H,22,23)/b9-6+. The van der Waals surface area contributed by atoms with Crippen LogP contribution in [0.2, 0.25) is 0 Å². The molecule has 0 atom stereocenters. The van der Waals surface area contributed by atoms with Crippen molar-refractivity contribution in [1.82, 2.24) is 5.32 Å². The molecule has 5 heteroatoms. The molecule has 2 rings (SSSR count). The predicted octanol–water partition coefficient (Wildman–Crippen LogP) is 4.02. The normalized spacial score (nSPS) is 10.6. The van der Waals surface area contributed by atoms with Gasteiger partial charge in [0.2, 0.25) is 0 Å². The maximum absolute atomic E-state index is 12.6. The second-order valence-electron chi connectivity index (χ2n) is 5.66. The smallest absolute Gasteiger partial charge is 0.255 e. The highest BCUT2D eigenvalue weighted by atomic mass is 16.5. The van der Waals surface area contributed by atoms with Crippen molar-refractivity contribution in [1.29, 1.82) is 0 Å². The summed E-state index contributed by atoms with van der Waals surface area (Å²) in [5.74, 6) is 1.74. The fourth-order valence-corrected chi connectivity index (χ4v) is 2.49. The average Bonchev–Trinajstić information content (AvgIpc) is 2.69. The van der Waals surface area contributed by atoms with E-state index in [-0.39, 0.29) is 5.91 Å². The van der Waals surface area contributed by atoms with Crippen LogP contribution in [0, 0.1) is 0 Å². The van der Waals surface area contributed by atoms with Gasteiger partial charge in [0.15, 0.2) is 0 Å². The van der Waals surface area contributed by atoms with Gasteiger partial charge in [-0.2, -0.15) is 0 Å². The van der Waals surface area contributed by atoms with Crippen molar-refractivity contribution in [2.75, 3.05) is 27.9 Å². The lowest BCUT2D eigenvalue weighted by Gasteiger charge is -2.14. The molecular weight excluding hydrogens is 330 g/mol. The summed E-state index contributed by atoms with van der Waals surface area (Å²) in [7, 11) is 4.76. The van der Waals surface area contributed by atoms with Crippen molar-refractivity contribution in [3.8, 4) is 17.2 Å². The van der Waals surface area contributed by atoms with Gasteiger partial charge in [-0.3, -0.25) is 4.79 Å². The molecule has 2 aromatic rings. The van der Waals surface area contributed by atoms with Crippen molar-refractivity contribution in [3.05, 3.63) is 53.1 Å². The highest BCUT2D eigenvalue weighted by Gasteiger charge is 2.17. The van der Waals surface area contributed by atoms with Crippen LogP contribution in [-0.4, -0.2) is 33.8 Å². The minimum atomic E-state index is -0.166. The van der Waals surface area contributed by atoms with Gasteiger partial charge in [-0.15, -0.1) is 0 Å². The molecule has 1 N–H and O–H groups in total. The zero-order valence-corrected chi connectivity index (χ0v) is 15.7. The molecule has 1 amide bonds. The Hall–Kier alpha value is -2.95. The number of methoxy groups -OCH3 is 3. The number of hydrogen-bond acceptors (Lipinski definition) is 4. The minimum absolute atomic E-state index is 0.166. The highest BCUT2D eigenvalue weighted by Crippen LogP contribution is 2.30. The van der Waals surface area contributed by atoms with E-state index in [9.17, 15) is 4.79 Å². The van der Waals surface area contributed by atoms with Crippen LogP contribution in [0.25, 0.3) is 12.2 Å². The summed E-state index contributed by atoms with van der Waals surface area (Å²) in [6.45, 7) is 2.62. The molecule has 0 radical (unpaired) electrons. The number of amides is 1. The molecule has 0 bridgehead atoms. The number of rotatable bonds is 8. The van der Waals surface area contributed by atoms with Crippen LogP contribution >= 0.6 is 0 Å². The Kier molecular flexibility index (Phi) is 7.09. The van der Waals surface area contributed by atoms with Gasteiger partial charge in [0.25, 0.3) is 5.91 Å². The van der Waals surface area contributed by atoms with Gasteiger partial charge in [-0.05, 0) is 35.7 Å². The van der Waals surface area contributed by atoms with Gasteiger partial charge in [0.1, 0.15) is 17.2 Å². The lowest BCUT2D eigenvalue weighted by atomic mass is 10.0. The lowest BCUT2D eigenvalue weighted by molar-refractivity contribution is 0.0950. The van der Waals surface area contributed by atoms with Crippen molar-refractivity contribution >= 4 is 18.1 Å². The van der Waals surface area contributed by atoms with Crippen LogP contribution in [0.15, 0.2) is 36.4 Å². The SMILES string of the molecule is CCCNC(=O)c1c(/C=C/c2ccc(OC)cc2)cc(OC)cc1OC. The minimum Gasteiger partial charge on any atom is -0.497 e. The number of ether oxygens (including phenoxy) is 3. The molecule has 0 saturated heterocycles. The van der Waals surface area contributed by atoms with Crippen molar-refractivity contribution in [2.24, 2.45) is 0 Å². The van der Waals surface area contributed by atoms with Gasteiger partial charge in [-0.1, -0.05) is 31.2 Å². The summed E-state index contributed by atoms with van der Waals surface area (Å²) in [5, 5.41) is 2.90. The number of benzene rings is 2. The Morgan fingerprint density at radius 1 is 0.962 bits per heavy atom. The van der Waals surface area contributed by atoms with E-state index in [0.717, 1.165) is 23.3 Å². The maximum Gasteiger partial charge on any atom is 0.255 e. The largest absolute Gasteiger partial charge is 0.497 e. The summed E-state index contributed by atoms with van der Waals surface area (Å²) in [6.07, 6.45) is 4.68. The third kappa shape index (κ3) is 4.79. The predicted molar refractivity (Wildman–Crippen MR) is 104 cm³/mol. The molecule has 0 aromatic heterocycles. The van der Waals surface area contributed by atoms with E-state index in [2.05, 4.69) is 5.32 Å². The van der Waals surface area contributed by atoms with E-state index in [1.54, 1.807) is 27.4 Å². The number of hydrogen-bond donors (Lipinski definition) is 1. The van der Waals surface area contributed by atoms with E-state index in [4.69, 9.17) is 14.2 Å². The van der Waals surface area contributed by atoms with Crippen molar-refractivity contribution < 1.29 is 19.0 Å². The van der Waals surface area contributed by atoms with Crippen LogP contribution < -0.4 is 19.5 Å². The monoisotopic (exact) mass is 355 g/mol. The van der Waals surface area contributed by atoms with Crippen LogP contribution in [-0.2, 0) is 0 Å². The molecule has 0 aliphatic carbocycles. The molecule has 2 aromatic carbocycles. The quantitative estimate of drug-likeness (QED) is 0.727. The molecular formula is C21H25NO4. The molecule has 0 heterocycles. The average molecular weight is 355 g/mol. The fraction of sp³-hybridized carbons (Fsp3) is 0.286. The van der Waals surface area contributed by atoms with Crippen molar-refractivity contribution in [2.45, 2.75) is 13.3 Å². The van der Waals surface area contributed by atoms with Crippen LogP contribution in [0.5, 0.6) is 17.2 Å². The third-order valence-electron chi connectivity index (χ3n) is 3.90. The highest BCUT2D eigenvalue weighted by molar-refractivity contribution is 6.01. The first-order valence-electron chi connectivity index (χ1n) is 8.49. The van der Waals surface area contributed by atoms with Gasteiger partial charge in [-0.25, -0.2) is 0 Å². The van der Waals surface area contributed by atoms with Gasteiger partial charge < -0.3 is 19.5 Å². The molecule has 138 valence electrons. The van der Waals surface area contributed by atoms with Gasteiger partial charge in [0, 0.05) is 12.6 Å². The Labute approximate surface area is 154 Å². The van der Waals surface area contributed by atoms with Gasteiger partial charge >= 0.3 is 0 Å². The number of nitrogens with one attached hydrogen (secondary N) is 1. The molecule has 26 heavy (non-hydrogen) atoms. The van der Waals surface area contributed by atoms with Gasteiger partial charge in [0.05, 0.1) is 26.9 Å². The van der Waals surface area contributed by atoms with E-state index >= 15 is 0 Å². The Morgan fingerprint density at radius 3 is 2.23 bits per heavy atom. The summed E-state index contributed by atoms with van der Waals surface area (Å²) >= 11 is 0. The fourth-order valence-electron chi connectivity index (χ4n) is 2.49. The first kappa shape index (κ1) is 19.4. The van der Waals surface area contributed by atoms with Crippen LogP contribution in [0.4, 0.5) is 0 Å². The molecule has 0 fully saturated rings. The molecule has 0 saturated carbocycles. The molecule has 0 unspecified atom stereocenters. The van der Waals surface area contributed by atoms with E-state index < -0.39 is 0 Å². The molecule has 0 spiro atoms. The number of carbonyl (C=O) groups is 1. The van der Waals surface area contributed by atoms with Crippen molar-refractivity contribution in [3.63, 3.8) is 0 Å². The Bertz CT molecular complexity index is 766. The molecule has 5 nitrogen and oxygen atoms in total. The topological polar surface area (TPSA) is 56.8 Å². The second kappa shape index (κ2) is 9.51.